The molecule has 1 radical (unpaired) electrons. The Hall–Kier alpha value is 0.797. The molecule has 0 spiro atoms. The van der Waals surface area contributed by atoms with Crippen molar-refractivity contribution in [3.63, 3.8) is 0 Å². The van der Waals surface area contributed by atoms with Gasteiger partial charge in [-0.25, -0.2) is 0 Å². The second kappa shape index (κ2) is 3.84. The van der Waals surface area contributed by atoms with Gasteiger partial charge in [-0.05, 0) is 5.04 Å². The van der Waals surface area contributed by atoms with Crippen LogP contribution in [-0.4, -0.2) is 7.42 Å². The Morgan fingerprint density at radius 3 is 1.56 bits per heavy atom. The van der Waals surface area contributed by atoms with Crippen LogP contribution in [0.5, 0.6) is 0 Å². The second-order valence-electron chi connectivity index (χ2n) is 2.53. The van der Waals surface area contributed by atoms with Crippen molar-refractivity contribution >= 4 is 29.6 Å². The Morgan fingerprint density at radius 2 is 1.56 bits per heavy atom. The predicted molar refractivity (Wildman–Crippen MR) is 46.4 cm³/mol. The van der Waals surface area contributed by atoms with E-state index in [2.05, 4.69) is 20.8 Å². The largest absolute Gasteiger partial charge is 0.279 e. The first-order valence-corrected chi connectivity index (χ1v) is 6.77. The topological polar surface area (TPSA) is 0 Å². The average molecular weight is 184 g/mol. The van der Waals surface area contributed by atoms with Crippen LogP contribution >= 0.6 is 22.2 Å². The highest BCUT2D eigenvalue weighted by Gasteiger charge is 2.30. The molecular weight excluding hydrogens is 171 g/mol. The van der Waals surface area contributed by atoms with Crippen molar-refractivity contribution < 1.29 is 0 Å². The Kier molecular flexibility index (Phi) is 4.18. The number of halogens is 2. The lowest BCUT2D eigenvalue weighted by Crippen LogP contribution is -2.18. The molecule has 0 saturated heterocycles. The van der Waals surface area contributed by atoms with Crippen LogP contribution in [0.2, 0.25) is 5.04 Å². The van der Waals surface area contributed by atoms with Crippen molar-refractivity contribution in [3.8, 4) is 0 Å². The highest BCUT2D eigenvalue weighted by Crippen LogP contribution is 2.40. The van der Waals surface area contributed by atoms with Crippen molar-refractivity contribution in [1.82, 2.24) is 0 Å². The minimum atomic E-state index is -1.13. The SMILES string of the molecule is CCC(C)(CC)[Si](Cl)Cl. The minimum absolute atomic E-state index is 0.216. The summed E-state index contributed by atoms with van der Waals surface area (Å²) in [4.78, 5) is 0. The van der Waals surface area contributed by atoms with Gasteiger partial charge in [0.15, 0.2) is 0 Å². The monoisotopic (exact) mass is 183 g/mol. The number of rotatable bonds is 3. The zero-order valence-corrected chi connectivity index (χ0v) is 8.68. The van der Waals surface area contributed by atoms with E-state index in [-0.39, 0.29) is 5.04 Å². The van der Waals surface area contributed by atoms with Crippen molar-refractivity contribution in [2.45, 2.75) is 38.7 Å². The van der Waals surface area contributed by atoms with Crippen molar-refractivity contribution in [3.05, 3.63) is 0 Å². The summed E-state index contributed by atoms with van der Waals surface area (Å²) in [6, 6.07) is 0. The van der Waals surface area contributed by atoms with Gasteiger partial charge in [-0.15, -0.1) is 22.2 Å². The predicted octanol–water partition coefficient (Wildman–Crippen LogP) is 3.53. The normalized spacial score (nSPS) is 12.7. The van der Waals surface area contributed by atoms with Gasteiger partial charge in [0, 0.05) is 0 Å². The van der Waals surface area contributed by atoms with Crippen LogP contribution in [0.3, 0.4) is 0 Å². The molecule has 0 bridgehead atoms. The van der Waals surface area contributed by atoms with Gasteiger partial charge in [-0.3, -0.25) is 0 Å². The van der Waals surface area contributed by atoms with Crippen LogP contribution in [0.1, 0.15) is 33.6 Å². The molecule has 0 heterocycles. The van der Waals surface area contributed by atoms with E-state index in [1.165, 1.54) is 0 Å². The summed E-state index contributed by atoms with van der Waals surface area (Å²) in [5.74, 6) is 0. The first kappa shape index (κ1) is 9.80. The molecule has 0 fully saturated rings. The van der Waals surface area contributed by atoms with Crippen molar-refractivity contribution in [2.24, 2.45) is 0 Å². The van der Waals surface area contributed by atoms with E-state index in [1.54, 1.807) is 0 Å². The molecular formula is C6H13Cl2Si. The summed E-state index contributed by atoms with van der Waals surface area (Å²) < 4.78 is 0. The van der Waals surface area contributed by atoms with Crippen LogP contribution in [0, 0.1) is 0 Å². The summed E-state index contributed by atoms with van der Waals surface area (Å²) in [5.41, 5.74) is 0. The van der Waals surface area contributed by atoms with Gasteiger partial charge in [0.25, 0.3) is 7.42 Å². The fourth-order valence-corrected chi connectivity index (χ4v) is 2.66. The quantitative estimate of drug-likeness (QED) is 0.465. The molecule has 0 rings (SSSR count). The molecule has 0 nitrogen and oxygen atoms in total. The fourth-order valence-electron chi connectivity index (χ4n) is 0.517. The molecule has 0 aliphatic carbocycles. The first-order valence-electron chi connectivity index (χ1n) is 3.25. The second-order valence-corrected chi connectivity index (χ2v) is 7.10. The number of hydrogen-bond acceptors (Lipinski definition) is 0. The smallest absolute Gasteiger partial charge is 0.146 e. The van der Waals surface area contributed by atoms with Gasteiger partial charge in [-0.2, -0.15) is 0 Å². The van der Waals surface area contributed by atoms with E-state index in [1.807, 2.05) is 0 Å². The molecule has 0 aliphatic heterocycles. The average Bonchev–Trinajstić information content (AvgIpc) is 1.86. The third kappa shape index (κ3) is 2.48. The molecule has 0 atom stereocenters. The van der Waals surface area contributed by atoms with E-state index >= 15 is 0 Å². The van der Waals surface area contributed by atoms with Crippen LogP contribution in [-0.2, 0) is 0 Å². The van der Waals surface area contributed by atoms with Crippen LogP contribution in [0.25, 0.3) is 0 Å². The van der Waals surface area contributed by atoms with Gasteiger partial charge < -0.3 is 0 Å². The van der Waals surface area contributed by atoms with Gasteiger partial charge in [-0.1, -0.05) is 33.6 Å². The molecule has 55 valence electrons. The highest BCUT2D eigenvalue weighted by molar-refractivity contribution is 7.35. The Bertz CT molecular complexity index is 79.1. The lowest BCUT2D eigenvalue weighted by Gasteiger charge is -2.25. The van der Waals surface area contributed by atoms with E-state index in [0.717, 1.165) is 12.8 Å². The summed E-state index contributed by atoms with van der Waals surface area (Å²) in [6.45, 7) is 6.43. The summed E-state index contributed by atoms with van der Waals surface area (Å²) in [5, 5.41) is 0.216. The zero-order valence-electron chi connectivity index (χ0n) is 6.17. The maximum atomic E-state index is 5.85. The van der Waals surface area contributed by atoms with Crippen LogP contribution in [0.4, 0.5) is 0 Å². The molecule has 0 aromatic rings. The standard InChI is InChI=1S/C6H13Cl2Si/c1-4-6(3,5-2)9(7)8/h4-5H2,1-3H3. The Morgan fingerprint density at radius 1 is 1.22 bits per heavy atom. The van der Waals surface area contributed by atoms with E-state index in [0.29, 0.717) is 0 Å². The Labute approximate surface area is 68.6 Å². The highest BCUT2D eigenvalue weighted by atomic mass is 35.7. The van der Waals surface area contributed by atoms with Gasteiger partial charge in [0.05, 0.1) is 0 Å². The van der Waals surface area contributed by atoms with Crippen LogP contribution < -0.4 is 0 Å². The Balaban J connectivity index is 3.92. The summed E-state index contributed by atoms with van der Waals surface area (Å²) in [6.07, 6.45) is 2.18. The van der Waals surface area contributed by atoms with Crippen molar-refractivity contribution in [1.29, 1.82) is 0 Å². The van der Waals surface area contributed by atoms with Gasteiger partial charge >= 0.3 is 0 Å². The lowest BCUT2D eigenvalue weighted by atomic mass is 10.1. The lowest BCUT2D eigenvalue weighted by molar-refractivity contribution is 0.565. The minimum Gasteiger partial charge on any atom is -0.146 e. The van der Waals surface area contributed by atoms with Gasteiger partial charge in [0.2, 0.25) is 0 Å². The molecule has 0 aromatic heterocycles. The van der Waals surface area contributed by atoms with E-state index < -0.39 is 7.42 Å². The molecule has 0 N–H and O–H groups in total. The van der Waals surface area contributed by atoms with Crippen molar-refractivity contribution in [2.75, 3.05) is 0 Å². The molecule has 0 amide bonds. The molecule has 0 aromatic carbocycles. The van der Waals surface area contributed by atoms with Gasteiger partial charge in [0.1, 0.15) is 0 Å². The summed E-state index contributed by atoms with van der Waals surface area (Å²) in [7, 11) is -1.13. The summed E-state index contributed by atoms with van der Waals surface area (Å²) >= 11 is 11.7. The first-order chi connectivity index (χ1) is 4.06. The number of hydrogen-bond donors (Lipinski definition) is 0. The van der Waals surface area contributed by atoms with E-state index in [4.69, 9.17) is 22.2 Å². The van der Waals surface area contributed by atoms with Crippen LogP contribution in [0.15, 0.2) is 0 Å². The maximum absolute atomic E-state index is 5.85. The third-order valence-corrected chi connectivity index (χ3v) is 6.37. The zero-order chi connectivity index (χ0) is 7.49. The molecule has 9 heavy (non-hydrogen) atoms. The molecule has 0 unspecified atom stereocenters. The molecule has 3 heteroatoms. The maximum Gasteiger partial charge on any atom is 0.279 e. The van der Waals surface area contributed by atoms with E-state index in [9.17, 15) is 0 Å². The molecule has 0 saturated carbocycles. The molecule has 0 aliphatic rings. The third-order valence-electron chi connectivity index (χ3n) is 2.02. The fraction of sp³-hybridized carbons (Fsp3) is 1.00.